The van der Waals surface area contributed by atoms with Crippen molar-refractivity contribution in [2.75, 3.05) is 13.2 Å². The molecule has 6 heteroatoms. The number of hydrogen-bond acceptors (Lipinski definition) is 5. The highest BCUT2D eigenvalue weighted by molar-refractivity contribution is 5.76. The normalized spacial score (nSPS) is 12.5. The molecule has 0 saturated heterocycles. The third-order valence-corrected chi connectivity index (χ3v) is 19.7. The van der Waals surface area contributed by atoms with Crippen molar-refractivity contribution in [2.24, 2.45) is 0 Å². The maximum absolute atomic E-state index is 12.6. The first-order valence-electron chi connectivity index (χ1n) is 41.6. The third kappa shape index (κ3) is 75.4. The van der Waals surface area contributed by atoms with Crippen LogP contribution in [0.2, 0.25) is 0 Å². The Morgan fingerprint density at radius 1 is 0.300 bits per heavy atom. The quantitative estimate of drug-likeness (QED) is 0.0320. The molecule has 0 aliphatic rings. The summed E-state index contributed by atoms with van der Waals surface area (Å²) in [6.07, 6.45) is 103. The standard InChI is InChI=1S/C84H163NO5/c1-3-5-7-9-11-13-15-17-19-21-22-23-24-35-38-41-45-48-52-56-60-64-68-72-76-82(87)81(80-86)85-83(88)77-73-69-65-61-57-53-49-46-42-39-36-33-31-29-27-25-26-28-30-32-34-37-40-43-47-51-55-59-63-67-71-75-79-90-84(89)78-74-70-66-62-58-54-50-44-20-18-16-14-12-10-8-6-4-2/h28,30,72,76,81-82,86-87H,3-27,29,31-71,73-75,77-80H2,1-2H3,(H,85,88)/b30-28-,76-72+. The van der Waals surface area contributed by atoms with Gasteiger partial charge in [-0.15, -0.1) is 0 Å². The fourth-order valence-corrected chi connectivity index (χ4v) is 13.4. The Kier molecular flexibility index (Phi) is 78.3. The van der Waals surface area contributed by atoms with Crippen LogP contribution in [0.15, 0.2) is 24.3 Å². The SMILES string of the molecule is CCCCCCCCCCCCCCCCCCCCCCCC/C=C/C(O)C(CO)NC(=O)CCCCCCCCCCCCCCCCCC/C=C\CCCCCCCCCCCCCCOC(=O)CCCCCCCCCCCCCCCCCCC. The van der Waals surface area contributed by atoms with Crippen molar-refractivity contribution >= 4 is 11.9 Å². The molecule has 534 valence electrons. The number of hydrogen-bond donors (Lipinski definition) is 3. The average molecular weight is 1270 g/mol. The Morgan fingerprint density at radius 3 is 0.789 bits per heavy atom. The number of esters is 1. The third-order valence-electron chi connectivity index (χ3n) is 19.7. The van der Waals surface area contributed by atoms with Gasteiger partial charge in [-0.1, -0.05) is 430 Å². The summed E-state index contributed by atoms with van der Waals surface area (Å²) in [5.41, 5.74) is 0. The maximum atomic E-state index is 12.6. The molecule has 2 atom stereocenters. The molecule has 2 unspecified atom stereocenters. The van der Waals surface area contributed by atoms with E-state index in [1.54, 1.807) is 6.08 Å². The molecule has 0 aromatic heterocycles. The van der Waals surface area contributed by atoms with Gasteiger partial charge in [-0.3, -0.25) is 9.59 Å². The van der Waals surface area contributed by atoms with Gasteiger partial charge in [0.1, 0.15) is 0 Å². The lowest BCUT2D eigenvalue weighted by Crippen LogP contribution is -2.45. The lowest BCUT2D eigenvalue weighted by atomic mass is 10.0. The van der Waals surface area contributed by atoms with Gasteiger partial charge >= 0.3 is 5.97 Å². The van der Waals surface area contributed by atoms with Crippen molar-refractivity contribution in [3.63, 3.8) is 0 Å². The molecule has 0 aromatic rings. The topological polar surface area (TPSA) is 95.9 Å². The Hall–Kier alpha value is -1.66. The second-order valence-electron chi connectivity index (χ2n) is 28.8. The Morgan fingerprint density at radius 2 is 0.522 bits per heavy atom. The summed E-state index contributed by atoms with van der Waals surface area (Å²) in [6, 6.07) is -0.627. The highest BCUT2D eigenvalue weighted by Crippen LogP contribution is 2.20. The Bertz CT molecular complexity index is 1410. The predicted octanol–water partition coefficient (Wildman–Crippen LogP) is 27.6. The van der Waals surface area contributed by atoms with E-state index in [0.717, 1.165) is 38.5 Å². The summed E-state index contributed by atoms with van der Waals surface area (Å²) in [7, 11) is 0. The molecule has 1 amide bonds. The zero-order valence-corrected chi connectivity index (χ0v) is 61.4. The number of carbonyl (C=O) groups excluding carboxylic acids is 2. The van der Waals surface area contributed by atoms with Crippen LogP contribution < -0.4 is 5.32 Å². The minimum absolute atomic E-state index is 0.0231. The van der Waals surface area contributed by atoms with E-state index in [1.807, 2.05) is 6.08 Å². The molecule has 90 heavy (non-hydrogen) atoms. The molecule has 0 spiro atoms. The van der Waals surface area contributed by atoms with Gasteiger partial charge in [0.25, 0.3) is 0 Å². The smallest absolute Gasteiger partial charge is 0.305 e. The highest BCUT2D eigenvalue weighted by Gasteiger charge is 2.18. The fraction of sp³-hybridized carbons (Fsp3) is 0.929. The summed E-state index contributed by atoms with van der Waals surface area (Å²) >= 11 is 0. The molecular formula is C84H163NO5. The number of nitrogens with one attached hydrogen (secondary N) is 1. The van der Waals surface area contributed by atoms with Crippen molar-refractivity contribution in [3.05, 3.63) is 24.3 Å². The van der Waals surface area contributed by atoms with Crippen molar-refractivity contribution in [1.29, 1.82) is 0 Å². The van der Waals surface area contributed by atoms with E-state index in [4.69, 9.17) is 4.74 Å². The van der Waals surface area contributed by atoms with E-state index < -0.39 is 12.1 Å². The van der Waals surface area contributed by atoms with Gasteiger partial charge in [0.05, 0.1) is 25.4 Å². The lowest BCUT2D eigenvalue weighted by Gasteiger charge is -2.20. The summed E-state index contributed by atoms with van der Waals surface area (Å²) < 4.78 is 5.52. The van der Waals surface area contributed by atoms with Gasteiger partial charge in [0.15, 0.2) is 0 Å². The van der Waals surface area contributed by atoms with Crippen molar-refractivity contribution in [1.82, 2.24) is 5.32 Å². The summed E-state index contributed by atoms with van der Waals surface area (Å²) in [6.45, 7) is 4.97. The molecular weight excluding hydrogens is 1100 g/mol. The maximum Gasteiger partial charge on any atom is 0.305 e. The zero-order valence-electron chi connectivity index (χ0n) is 61.4. The molecule has 0 radical (unpaired) electrons. The summed E-state index contributed by atoms with van der Waals surface area (Å²) in [5, 5.41) is 23.3. The molecule has 0 aliphatic carbocycles. The number of amides is 1. The van der Waals surface area contributed by atoms with E-state index in [-0.39, 0.29) is 18.5 Å². The van der Waals surface area contributed by atoms with Crippen LogP contribution in [0.3, 0.4) is 0 Å². The molecule has 0 fully saturated rings. The second kappa shape index (κ2) is 79.8. The van der Waals surface area contributed by atoms with Crippen molar-refractivity contribution in [3.8, 4) is 0 Å². The van der Waals surface area contributed by atoms with Crippen molar-refractivity contribution < 1.29 is 24.5 Å². The molecule has 0 rings (SSSR count). The van der Waals surface area contributed by atoms with Gasteiger partial charge in [-0.05, 0) is 57.8 Å². The molecule has 0 aromatic carbocycles. The van der Waals surface area contributed by atoms with Crippen LogP contribution >= 0.6 is 0 Å². The minimum Gasteiger partial charge on any atom is -0.466 e. The molecule has 0 aliphatic heterocycles. The first-order valence-corrected chi connectivity index (χ1v) is 41.6. The van der Waals surface area contributed by atoms with Crippen LogP contribution in [0, 0.1) is 0 Å². The number of ether oxygens (including phenoxy) is 1. The van der Waals surface area contributed by atoms with Crippen LogP contribution in [0.1, 0.15) is 476 Å². The van der Waals surface area contributed by atoms with E-state index in [2.05, 4.69) is 31.3 Å². The molecule has 0 saturated carbocycles. The van der Waals surface area contributed by atoms with Crippen LogP contribution in [0.25, 0.3) is 0 Å². The predicted molar refractivity (Wildman–Crippen MR) is 398 cm³/mol. The first kappa shape index (κ1) is 88.3. The Labute approximate surface area is 564 Å². The minimum atomic E-state index is -0.844. The molecule has 6 nitrogen and oxygen atoms in total. The van der Waals surface area contributed by atoms with Crippen LogP contribution in [-0.2, 0) is 14.3 Å². The van der Waals surface area contributed by atoms with E-state index in [1.165, 1.54) is 411 Å². The average Bonchev–Trinajstić information content (AvgIpc) is 3.57. The van der Waals surface area contributed by atoms with Gasteiger partial charge in [0, 0.05) is 12.8 Å². The second-order valence-corrected chi connectivity index (χ2v) is 28.8. The van der Waals surface area contributed by atoms with E-state index >= 15 is 0 Å². The lowest BCUT2D eigenvalue weighted by molar-refractivity contribution is -0.143. The van der Waals surface area contributed by atoms with Gasteiger partial charge in [0.2, 0.25) is 5.91 Å². The summed E-state index contributed by atoms with van der Waals surface area (Å²) in [4.78, 5) is 24.7. The number of carbonyl (C=O) groups is 2. The van der Waals surface area contributed by atoms with Gasteiger partial charge in [-0.2, -0.15) is 0 Å². The van der Waals surface area contributed by atoms with Crippen LogP contribution in [-0.4, -0.2) is 47.4 Å². The number of allylic oxidation sites excluding steroid dienone is 3. The highest BCUT2D eigenvalue weighted by atomic mass is 16.5. The van der Waals surface area contributed by atoms with Crippen LogP contribution in [0.5, 0.6) is 0 Å². The van der Waals surface area contributed by atoms with E-state index in [0.29, 0.717) is 19.4 Å². The summed E-state index contributed by atoms with van der Waals surface area (Å²) in [5.74, 6) is -0.0367. The first-order chi connectivity index (χ1) is 44.5. The number of unbranched alkanes of at least 4 members (excludes halogenated alkanes) is 66. The Balaban J connectivity index is 3.37. The number of rotatable bonds is 79. The van der Waals surface area contributed by atoms with Gasteiger partial charge < -0.3 is 20.3 Å². The molecule has 0 bridgehead atoms. The van der Waals surface area contributed by atoms with E-state index in [9.17, 15) is 19.8 Å². The molecule has 3 N–H and O–H groups in total. The van der Waals surface area contributed by atoms with Gasteiger partial charge in [-0.25, -0.2) is 0 Å². The largest absolute Gasteiger partial charge is 0.466 e. The monoisotopic (exact) mass is 1270 g/mol. The molecule has 0 heterocycles. The number of aliphatic hydroxyl groups is 2. The van der Waals surface area contributed by atoms with Crippen LogP contribution in [0.4, 0.5) is 0 Å². The zero-order chi connectivity index (χ0) is 64.9. The fourth-order valence-electron chi connectivity index (χ4n) is 13.4. The number of aliphatic hydroxyl groups excluding tert-OH is 2. The van der Waals surface area contributed by atoms with Crippen molar-refractivity contribution in [2.45, 2.75) is 488 Å².